The predicted octanol–water partition coefficient (Wildman–Crippen LogP) is 2.02. The zero-order chi connectivity index (χ0) is 13.2. The van der Waals surface area contributed by atoms with Gasteiger partial charge in [-0.15, -0.1) is 0 Å². The Morgan fingerprint density at radius 3 is 2.42 bits per heavy atom. The first kappa shape index (κ1) is 12.6. The number of ether oxygens (including phenoxy) is 1. The summed E-state index contributed by atoms with van der Waals surface area (Å²) in [7, 11) is 0. The Balaban J connectivity index is 1.75. The van der Waals surface area contributed by atoms with Crippen molar-refractivity contribution in [3.05, 3.63) is 35.6 Å². The number of piperidine rings is 1. The van der Waals surface area contributed by atoms with E-state index in [2.05, 4.69) is 10.1 Å². The van der Waals surface area contributed by atoms with Crippen LogP contribution in [0.2, 0.25) is 0 Å². The van der Waals surface area contributed by atoms with Gasteiger partial charge in [0.2, 0.25) is 0 Å². The standard InChI is InChI=1S/C14H17FN2O2/c15-11-3-1-10(2-4-11)7-17-13-5-12(16-18)6-14(17)9-19-8-13/h1-4,13-14,18H,5-9H2. The van der Waals surface area contributed by atoms with E-state index >= 15 is 0 Å². The SMILES string of the molecule is ON=C1CC2COCC(C1)N2Cc1ccc(F)cc1. The van der Waals surface area contributed by atoms with Crippen LogP contribution in [0, 0.1) is 5.82 Å². The molecule has 19 heavy (non-hydrogen) atoms. The third-order valence-corrected chi connectivity index (χ3v) is 3.92. The Hall–Kier alpha value is -1.46. The highest BCUT2D eigenvalue weighted by Crippen LogP contribution is 2.27. The van der Waals surface area contributed by atoms with Crippen molar-refractivity contribution in [3.8, 4) is 0 Å². The number of rotatable bonds is 2. The van der Waals surface area contributed by atoms with E-state index in [1.165, 1.54) is 12.1 Å². The number of hydrogen-bond donors (Lipinski definition) is 1. The lowest BCUT2D eigenvalue weighted by Crippen LogP contribution is -2.56. The normalized spacial score (nSPS) is 27.3. The fourth-order valence-corrected chi connectivity index (χ4v) is 2.95. The average Bonchev–Trinajstić information content (AvgIpc) is 2.41. The van der Waals surface area contributed by atoms with Crippen LogP contribution in [-0.4, -0.2) is 41.1 Å². The number of oxime groups is 1. The highest BCUT2D eigenvalue weighted by Gasteiger charge is 2.37. The van der Waals surface area contributed by atoms with E-state index in [-0.39, 0.29) is 17.9 Å². The van der Waals surface area contributed by atoms with Crippen LogP contribution in [0.15, 0.2) is 29.4 Å². The van der Waals surface area contributed by atoms with Crippen LogP contribution in [0.1, 0.15) is 18.4 Å². The molecule has 1 aromatic carbocycles. The number of nitrogens with zero attached hydrogens (tertiary/aromatic N) is 2. The van der Waals surface area contributed by atoms with Crippen molar-refractivity contribution in [1.29, 1.82) is 0 Å². The summed E-state index contributed by atoms with van der Waals surface area (Å²) >= 11 is 0. The summed E-state index contributed by atoms with van der Waals surface area (Å²) in [6.07, 6.45) is 1.49. The summed E-state index contributed by atoms with van der Waals surface area (Å²) in [5.41, 5.74) is 1.95. The Bertz CT molecular complexity index is 459. The fourth-order valence-electron chi connectivity index (χ4n) is 2.95. The molecule has 5 heteroatoms. The minimum atomic E-state index is -0.208. The molecule has 0 aromatic heterocycles. The largest absolute Gasteiger partial charge is 0.411 e. The van der Waals surface area contributed by atoms with Crippen LogP contribution in [0.3, 0.4) is 0 Å². The summed E-state index contributed by atoms with van der Waals surface area (Å²) in [5.74, 6) is -0.208. The molecule has 0 aliphatic carbocycles. The Labute approximate surface area is 111 Å². The quantitative estimate of drug-likeness (QED) is 0.656. The second-order valence-corrected chi connectivity index (χ2v) is 5.22. The lowest BCUT2D eigenvalue weighted by atomic mass is 9.92. The molecule has 2 saturated heterocycles. The van der Waals surface area contributed by atoms with Gasteiger partial charge in [-0.05, 0) is 17.7 Å². The molecule has 2 fully saturated rings. The first-order valence-corrected chi connectivity index (χ1v) is 6.54. The number of fused-ring (bicyclic) bond motifs is 2. The molecule has 102 valence electrons. The Morgan fingerprint density at radius 2 is 1.84 bits per heavy atom. The second kappa shape index (κ2) is 5.27. The molecule has 2 bridgehead atoms. The Morgan fingerprint density at radius 1 is 1.21 bits per heavy atom. The van der Waals surface area contributed by atoms with Gasteiger partial charge < -0.3 is 9.94 Å². The predicted molar refractivity (Wildman–Crippen MR) is 68.8 cm³/mol. The molecule has 0 saturated carbocycles. The van der Waals surface area contributed by atoms with E-state index in [0.29, 0.717) is 13.2 Å². The van der Waals surface area contributed by atoms with Crippen molar-refractivity contribution < 1.29 is 14.3 Å². The molecular weight excluding hydrogens is 247 g/mol. The first-order chi connectivity index (χ1) is 9.26. The minimum Gasteiger partial charge on any atom is -0.411 e. The van der Waals surface area contributed by atoms with Gasteiger partial charge in [0, 0.05) is 31.5 Å². The molecule has 0 spiro atoms. The Kier molecular flexibility index (Phi) is 3.48. The van der Waals surface area contributed by atoms with E-state index < -0.39 is 0 Å². The number of hydrogen-bond acceptors (Lipinski definition) is 4. The maximum Gasteiger partial charge on any atom is 0.123 e. The van der Waals surface area contributed by atoms with E-state index in [1.54, 1.807) is 0 Å². The summed E-state index contributed by atoms with van der Waals surface area (Å²) < 4.78 is 18.5. The van der Waals surface area contributed by atoms with Crippen LogP contribution >= 0.6 is 0 Å². The van der Waals surface area contributed by atoms with Gasteiger partial charge in [-0.2, -0.15) is 0 Å². The zero-order valence-electron chi connectivity index (χ0n) is 10.6. The third-order valence-electron chi connectivity index (χ3n) is 3.92. The summed E-state index contributed by atoms with van der Waals surface area (Å²) in [6.45, 7) is 2.12. The zero-order valence-corrected chi connectivity index (χ0v) is 10.6. The maximum absolute atomic E-state index is 12.9. The third kappa shape index (κ3) is 2.62. The molecule has 0 amide bonds. The topological polar surface area (TPSA) is 45.1 Å². The van der Waals surface area contributed by atoms with Gasteiger partial charge in [0.05, 0.1) is 18.9 Å². The molecule has 4 nitrogen and oxygen atoms in total. The van der Waals surface area contributed by atoms with Crippen LogP contribution < -0.4 is 0 Å². The molecule has 1 N–H and O–H groups in total. The van der Waals surface area contributed by atoms with Gasteiger partial charge in [-0.25, -0.2) is 4.39 Å². The second-order valence-electron chi connectivity index (χ2n) is 5.22. The van der Waals surface area contributed by atoms with Crippen molar-refractivity contribution in [3.63, 3.8) is 0 Å². The van der Waals surface area contributed by atoms with Crippen LogP contribution in [0.5, 0.6) is 0 Å². The van der Waals surface area contributed by atoms with E-state index in [0.717, 1.165) is 30.7 Å². The van der Waals surface area contributed by atoms with Crippen molar-refractivity contribution in [2.45, 2.75) is 31.5 Å². The number of morpholine rings is 1. The monoisotopic (exact) mass is 264 g/mol. The molecule has 2 heterocycles. The number of benzene rings is 1. The van der Waals surface area contributed by atoms with Gasteiger partial charge in [0.1, 0.15) is 5.82 Å². The van der Waals surface area contributed by atoms with Crippen molar-refractivity contribution in [1.82, 2.24) is 4.90 Å². The van der Waals surface area contributed by atoms with Gasteiger partial charge >= 0.3 is 0 Å². The summed E-state index contributed by atoms with van der Waals surface area (Å²) in [5, 5.41) is 12.3. The maximum atomic E-state index is 12.9. The van der Waals surface area contributed by atoms with Crippen LogP contribution in [0.4, 0.5) is 4.39 Å². The molecule has 2 unspecified atom stereocenters. The van der Waals surface area contributed by atoms with Crippen molar-refractivity contribution in [2.24, 2.45) is 5.16 Å². The number of halogens is 1. The molecule has 3 rings (SSSR count). The van der Waals surface area contributed by atoms with Crippen molar-refractivity contribution >= 4 is 5.71 Å². The smallest absolute Gasteiger partial charge is 0.123 e. The van der Waals surface area contributed by atoms with Crippen molar-refractivity contribution in [2.75, 3.05) is 13.2 Å². The van der Waals surface area contributed by atoms with Gasteiger partial charge in [-0.3, -0.25) is 4.90 Å². The van der Waals surface area contributed by atoms with Gasteiger partial charge in [0.25, 0.3) is 0 Å². The first-order valence-electron chi connectivity index (χ1n) is 6.54. The molecular formula is C14H17FN2O2. The van der Waals surface area contributed by atoms with E-state index in [4.69, 9.17) is 9.94 Å². The van der Waals surface area contributed by atoms with E-state index in [9.17, 15) is 4.39 Å². The lowest BCUT2D eigenvalue weighted by molar-refractivity contribution is -0.0575. The molecule has 1 aromatic rings. The van der Waals surface area contributed by atoms with Gasteiger partial charge in [0.15, 0.2) is 0 Å². The fraction of sp³-hybridized carbons (Fsp3) is 0.500. The molecule has 2 aliphatic rings. The van der Waals surface area contributed by atoms with Gasteiger partial charge in [-0.1, -0.05) is 17.3 Å². The highest BCUT2D eigenvalue weighted by atomic mass is 19.1. The van der Waals surface area contributed by atoms with Crippen LogP contribution in [0.25, 0.3) is 0 Å². The minimum absolute atomic E-state index is 0.208. The summed E-state index contributed by atoms with van der Waals surface area (Å²) in [6, 6.07) is 7.13. The highest BCUT2D eigenvalue weighted by molar-refractivity contribution is 5.86. The molecule has 0 radical (unpaired) electrons. The summed E-state index contributed by atoms with van der Waals surface area (Å²) in [4.78, 5) is 2.38. The molecule has 2 atom stereocenters. The lowest BCUT2D eigenvalue weighted by Gasteiger charge is -2.45. The molecule has 2 aliphatic heterocycles. The van der Waals surface area contributed by atoms with Crippen LogP contribution in [-0.2, 0) is 11.3 Å². The van der Waals surface area contributed by atoms with E-state index in [1.807, 2.05) is 12.1 Å². The average molecular weight is 264 g/mol.